The van der Waals surface area contributed by atoms with Gasteiger partial charge in [-0.05, 0) is 18.9 Å². The lowest BCUT2D eigenvalue weighted by molar-refractivity contribution is -0.139. The minimum Gasteiger partial charge on any atom is -0.465 e. The molecule has 0 aliphatic rings. The highest BCUT2D eigenvalue weighted by Crippen LogP contribution is 1.89. The highest BCUT2D eigenvalue weighted by Gasteiger charge is 2.16. The largest absolute Gasteiger partial charge is 0.465 e. The molecule has 0 unspecified atom stereocenters. The Balaban J connectivity index is 3.87. The third-order valence-corrected chi connectivity index (χ3v) is 2.69. The van der Waals surface area contributed by atoms with Crippen molar-refractivity contribution in [2.45, 2.75) is 13.3 Å². The lowest BCUT2D eigenvalue weighted by Gasteiger charge is -2.05. The van der Waals surface area contributed by atoms with Gasteiger partial charge >= 0.3 is 5.97 Å². The van der Waals surface area contributed by atoms with E-state index in [0.717, 1.165) is 0 Å². The zero-order valence-corrected chi connectivity index (χ0v) is 9.73. The molecule has 0 saturated heterocycles. The van der Waals surface area contributed by atoms with Gasteiger partial charge in [0, 0.05) is 18.0 Å². The number of nitrogens with zero attached hydrogens (tertiary/aromatic N) is 3. The maximum Gasteiger partial charge on any atom is 0.322 e. The molecule has 0 aliphatic heterocycles. The van der Waals surface area contributed by atoms with E-state index < -0.39 is 21.7 Å². The van der Waals surface area contributed by atoms with Gasteiger partial charge in [0.15, 0.2) is 5.75 Å². The molecule has 0 bridgehead atoms. The molecule has 0 saturated carbocycles. The standard InChI is InChI=1S/C7H14N4O4S/c1-2-15-7(12)6-16(13,14)10-5-3-4-9-11-8/h10H,2-6H2,1H3. The molecule has 9 heteroatoms. The summed E-state index contributed by atoms with van der Waals surface area (Å²) in [5, 5.41) is 3.24. The van der Waals surface area contributed by atoms with Crippen molar-refractivity contribution in [2.24, 2.45) is 5.11 Å². The van der Waals surface area contributed by atoms with Crippen LogP contribution in [-0.4, -0.2) is 39.8 Å². The van der Waals surface area contributed by atoms with E-state index >= 15 is 0 Å². The lowest BCUT2D eigenvalue weighted by atomic mass is 10.4. The highest BCUT2D eigenvalue weighted by atomic mass is 32.2. The van der Waals surface area contributed by atoms with Crippen LogP contribution in [0.3, 0.4) is 0 Å². The fourth-order valence-electron chi connectivity index (χ4n) is 0.831. The second kappa shape index (κ2) is 7.91. The second-order valence-electron chi connectivity index (χ2n) is 2.77. The number of esters is 1. The molecular formula is C7H14N4O4S. The number of hydrogen-bond acceptors (Lipinski definition) is 5. The Morgan fingerprint density at radius 1 is 1.56 bits per heavy atom. The summed E-state index contributed by atoms with van der Waals surface area (Å²) in [6.07, 6.45) is 0.381. The van der Waals surface area contributed by atoms with Crippen LogP contribution in [0, 0.1) is 0 Å². The van der Waals surface area contributed by atoms with Crippen LogP contribution in [-0.2, 0) is 19.6 Å². The minimum absolute atomic E-state index is 0.126. The van der Waals surface area contributed by atoms with Gasteiger partial charge in [0.25, 0.3) is 0 Å². The van der Waals surface area contributed by atoms with Crippen molar-refractivity contribution in [1.29, 1.82) is 0 Å². The number of carbonyl (C=O) groups is 1. The van der Waals surface area contributed by atoms with Gasteiger partial charge in [0.2, 0.25) is 10.0 Å². The first-order chi connectivity index (χ1) is 7.52. The quantitative estimate of drug-likeness (QED) is 0.217. The van der Waals surface area contributed by atoms with Crippen molar-refractivity contribution < 1.29 is 17.9 Å². The van der Waals surface area contributed by atoms with Gasteiger partial charge in [0.1, 0.15) is 0 Å². The summed E-state index contributed by atoms with van der Waals surface area (Å²) >= 11 is 0. The van der Waals surface area contributed by atoms with Crippen molar-refractivity contribution >= 4 is 16.0 Å². The summed E-state index contributed by atoms with van der Waals surface area (Å²) in [4.78, 5) is 13.4. The molecule has 92 valence electrons. The van der Waals surface area contributed by atoms with Crippen LogP contribution in [0.2, 0.25) is 0 Å². The zero-order valence-electron chi connectivity index (χ0n) is 8.92. The van der Waals surface area contributed by atoms with E-state index in [1.54, 1.807) is 6.92 Å². The SMILES string of the molecule is CCOC(=O)CS(=O)(=O)NCCCN=[N+]=[N-]. The van der Waals surface area contributed by atoms with E-state index in [1.165, 1.54) is 0 Å². The first-order valence-electron chi connectivity index (χ1n) is 4.65. The van der Waals surface area contributed by atoms with Crippen LogP contribution >= 0.6 is 0 Å². The van der Waals surface area contributed by atoms with Crippen LogP contribution in [0.1, 0.15) is 13.3 Å². The predicted molar refractivity (Wildman–Crippen MR) is 57.1 cm³/mol. The van der Waals surface area contributed by atoms with Crippen molar-refractivity contribution in [1.82, 2.24) is 4.72 Å². The first kappa shape index (κ1) is 14.7. The number of azide groups is 1. The molecule has 1 N–H and O–H groups in total. The Bertz CT molecular complexity index is 361. The lowest BCUT2D eigenvalue weighted by Crippen LogP contribution is -2.31. The van der Waals surface area contributed by atoms with Crippen LogP contribution in [0.5, 0.6) is 0 Å². The summed E-state index contributed by atoms with van der Waals surface area (Å²) < 4.78 is 29.2. The first-order valence-corrected chi connectivity index (χ1v) is 6.31. The van der Waals surface area contributed by atoms with Gasteiger partial charge in [-0.1, -0.05) is 5.11 Å². The van der Waals surface area contributed by atoms with Gasteiger partial charge in [-0.25, -0.2) is 13.1 Å². The Labute approximate surface area is 93.6 Å². The fourth-order valence-corrected chi connectivity index (χ4v) is 1.78. The molecule has 0 aromatic rings. The van der Waals surface area contributed by atoms with Crippen LogP contribution in [0.15, 0.2) is 5.11 Å². The average molecular weight is 250 g/mol. The molecule has 0 aromatic heterocycles. The number of hydrogen-bond donors (Lipinski definition) is 1. The maximum atomic E-state index is 11.2. The molecule has 0 fully saturated rings. The third-order valence-electron chi connectivity index (χ3n) is 1.43. The Kier molecular flexibility index (Phi) is 7.27. The summed E-state index contributed by atoms with van der Waals surface area (Å²) in [7, 11) is -3.65. The minimum atomic E-state index is -3.65. The summed E-state index contributed by atoms with van der Waals surface area (Å²) in [6.45, 7) is 2.07. The fraction of sp³-hybridized carbons (Fsp3) is 0.857. The Morgan fingerprint density at radius 3 is 2.81 bits per heavy atom. The van der Waals surface area contributed by atoms with E-state index in [1.807, 2.05) is 0 Å². The van der Waals surface area contributed by atoms with E-state index in [0.29, 0.717) is 6.42 Å². The molecular weight excluding hydrogens is 236 g/mol. The Morgan fingerprint density at radius 2 is 2.25 bits per heavy atom. The molecule has 0 amide bonds. The molecule has 0 heterocycles. The maximum absolute atomic E-state index is 11.2. The van der Waals surface area contributed by atoms with Gasteiger partial charge in [-0.3, -0.25) is 4.79 Å². The van der Waals surface area contributed by atoms with Gasteiger partial charge in [-0.2, -0.15) is 0 Å². The van der Waals surface area contributed by atoms with E-state index in [2.05, 4.69) is 19.5 Å². The highest BCUT2D eigenvalue weighted by molar-refractivity contribution is 7.90. The molecule has 0 atom stereocenters. The van der Waals surface area contributed by atoms with E-state index in [-0.39, 0.29) is 19.7 Å². The van der Waals surface area contributed by atoms with Crippen molar-refractivity contribution in [3.8, 4) is 0 Å². The summed E-state index contributed by atoms with van der Waals surface area (Å²) in [5.41, 5.74) is 7.96. The summed E-state index contributed by atoms with van der Waals surface area (Å²) in [6, 6.07) is 0. The number of carbonyl (C=O) groups excluding carboxylic acids is 1. The monoisotopic (exact) mass is 250 g/mol. The van der Waals surface area contributed by atoms with E-state index in [4.69, 9.17) is 5.53 Å². The number of ether oxygens (including phenoxy) is 1. The Hall–Kier alpha value is -1.31. The van der Waals surface area contributed by atoms with Crippen molar-refractivity contribution in [3.05, 3.63) is 10.4 Å². The van der Waals surface area contributed by atoms with Gasteiger partial charge < -0.3 is 4.74 Å². The van der Waals surface area contributed by atoms with Gasteiger partial charge in [0.05, 0.1) is 6.61 Å². The normalized spacial score (nSPS) is 10.6. The summed E-state index contributed by atoms with van der Waals surface area (Å²) in [5.74, 6) is -1.48. The van der Waals surface area contributed by atoms with Crippen LogP contribution < -0.4 is 4.72 Å². The van der Waals surface area contributed by atoms with Crippen molar-refractivity contribution in [2.75, 3.05) is 25.4 Å². The van der Waals surface area contributed by atoms with Crippen LogP contribution in [0.4, 0.5) is 0 Å². The molecule has 0 aliphatic carbocycles. The number of rotatable bonds is 8. The average Bonchev–Trinajstić information content (AvgIpc) is 2.16. The van der Waals surface area contributed by atoms with Crippen LogP contribution in [0.25, 0.3) is 10.4 Å². The molecule has 0 aromatic carbocycles. The topological polar surface area (TPSA) is 121 Å². The zero-order chi connectivity index (χ0) is 12.4. The molecule has 0 spiro atoms. The second-order valence-corrected chi connectivity index (χ2v) is 4.57. The number of nitrogens with one attached hydrogen (secondary N) is 1. The molecule has 0 rings (SSSR count). The van der Waals surface area contributed by atoms with Crippen molar-refractivity contribution in [3.63, 3.8) is 0 Å². The molecule has 0 radical (unpaired) electrons. The predicted octanol–water partition coefficient (Wildman–Crippen LogP) is 0.169. The van der Waals surface area contributed by atoms with E-state index in [9.17, 15) is 13.2 Å². The van der Waals surface area contributed by atoms with Gasteiger partial charge in [-0.15, -0.1) is 0 Å². The number of sulfonamides is 1. The smallest absolute Gasteiger partial charge is 0.322 e. The third kappa shape index (κ3) is 8.04. The molecule has 16 heavy (non-hydrogen) atoms. The molecule has 8 nitrogen and oxygen atoms in total.